The van der Waals surface area contributed by atoms with Gasteiger partial charge in [0.2, 0.25) is 59.1 Å². The highest BCUT2D eigenvalue weighted by molar-refractivity contribution is 7.98. The normalized spacial score (nSPS) is 24.9. The minimum atomic E-state index is -2.44. The number of ether oxygens (including phenoxy) is 5. The van der Waals surface area contributed by atoms with Crippen molar-refractivity contribution in [3.8, 4) is 5.75 Å². The number of H-pyrrole nitrogens is 1. The summed E-state index contributed by atoms with van der Waals surface area (Å²) in [6.45, 7) is 7.03. The van der Waals surface area contributed by atoms with E-state index in [1.54, 1.807) is 44.1 Å². The van der Waals surface area contributed by atoms with E-state index in [9.17, 15) is 68.1 Å². The molecule has 1 aromatic heterocycles. The number of nitrogens with two attached hydrogens (primary N) is 1. The first kappa shape index (κ1) is 79.6. The average Bonchev–Trinajstić information content (AvgIpc) is 1.60. The highest BCUT2D eigenvalue weighted by Crippen LogP contribution is 2.37. The summed E-state index contributed by atoms with van der Waals surface area (Å²) in [6.07, 6.45) is -3.41. The Bertz CT molecular complexity index is 3340. The summed E-state index contributed by atoms with van der Waals surface area (Å²) in [4.78, 5) is 170. The van der Waals surface area contributed by atoms with Gasteiger partial charge in [0.05, 0.1) is 145 Å². The van der Waals surface area contributed by atoms with Gasteiger partial charge in [0.1, 0.15) is 28.9 Å². The van der Waals surface area contributed by atoms with Crippen LogP contribution in [0.15, 0.2) is 29.1 Å². The molecule has 2 aromatic rings. The number of carbonyl (C=O) groups is 12. The lowest BCUT2D eigenvalue weighted by Crippen LogP contribution is -2.60. The van der Waals surface area contributed by atoms with Crippen molar-refractivity contribution < 1.29 is 101 Å². The number of aliphatic hydroxyl groups is 3. The number of Topliss-reactive ketones (excluding diaryl/α,β-unsaturated/α-hetero) is 2. The zero-order valence-electron chi connectivity index (χ0n) is 56.9. The number of hydrazine groups is 2. The minimum Gasteiger partial charge on any atom is -0.496 e. The summed E-state index contributed by atoms with van der Waals surface area (Å²) in [5.41, 5.74) is 13.2. The molecule has 10 amide bonds. The molecule has 100 heavy (non-hydrogen) atoms. The van der Waals surface area contributed by atoms with E-state index in [0.29, 0.717) is 79.7 Å². The van der Waals surface area contributed by atoms with Gasteiger partial charge in [-0.2, -0.15) is 11.8 Å². The molecule has 34 nitrogen and oxygen atoms in total. The molecule has 2 fully saturated rings. The van der Waals surface area contributed by atoms with E-state index in [0.717, 1.165) is 4.90 Å². The highest BCUT2D eigenvalue weighted by Gasteiger charge is 2.46. The van der Waals surface area contributed by atoms with E-state index in [1.165, 1.54) is 30.7 Å². The number of primary amides is 1. The molecule has 36 heteroatoms. The van der Waals surface area contributed by atoms with Gasteiger partial charge in [0.25, 0.3) is 0 Å². The molecule has 5 aliphatic heterocycles. The van der Waals surface area contributed by atoms with Gasteiger partial charge in [0, 0.05) is 97.5 Å². The van der Waals surface area contributed by atoms with Gasteiger partial charge in [-0.05, 0) is 30.0 Å². The van der Waals surface area contributed by atoms with Crippen LogP contribution < -0.4 is 53.3 Å². The molecule has 2 unspecified atom stereocenters. The van der Waals surface area contributed by atoms with Gasteiger partial charge < -0.3 is 91.9 Å². The lowest BCUT2D eigenvalue weighted by atomic mass is 9.85. The number of benzene rings is 1. The third-order valence-corrected chi connectivity index (χ3v) is 20.4. The van der Waals surface area contributed by atoms with Gasteiger partial charge in [-0.3, -0.25) is 71.7 Å². The maximum Gasteiger partial charge on any atom is 0.246 e. The van der Waals surface area contributed by atoms with E-state index in [1.807, 2.05) is 0 Å². The Morgan fingerprint density at radius 2 is 1.53 bits per heavy atom. The quantitative estimate of drug-likeness (QED) is 0.0261. The Hall–Kier alpha value is -7.68. The van der Waals surface area contributed by atoms with Crippen LogP contribution in [0.2, 0.25) is 0 Å². The van der Waals surface area contributed by atoms with E-state index >= 15 is 9.00 Å². The number of rotatable bonds is 30. The van der Waals surface area contributed by atoms with Crippen molar-refractivity contribution in [3.05, 3.63) is 35.2 Å². The summed E-state index contributed by atoms with van der Waals surface area (Å²) in [6, 6.07) is -3.77. The molecule has 0 saturated carbocycles. The summed E-state index contributed by atoms with van der Waals surface area (Å²) >= 11 is 1.38. The van der Waals surface area contributed by atoms with E-state index in [2.05, 4.69) is 47.8 Å². The molecule has 6 heterocycles. The standard InChI is InChI=1S/C64H95N13O21S2/c1-6-35(2)43-24-40(79)27-67-58(87)38-22-44-42-7-8-51(94-5)45(33-99-20-10-66-53(84)9-12-95-14-16-97-18-19-98-17-15-96-13-11-75-29-39(73-74-75)30-77-55(86)21-36(3)63(77)91)57(42)72-62(44)100(93)34-47(69-54(85)28-68-59(43)88)60(89)70-46(26-52(65)83)64(92)76-31-41(80)25-48(76)61(90)71-56(49(81)23-38)37(4)50(82)32-78/h7-8,29,35-38,41,43,46-48,50,56,72-74,78,80,82H,6,9-28,30-34H2,1-5H3,(H2,65,83)(H,66,84)(H,67,87)(H,68,88)(H,69,85)(H,70,89)(H,71,90)/t35-,36?,37-,38+,41+,43-,46-,47-,48-,50-,56-,100?/m0/s1. The van der Waals surface area contributed by atoms with Crippen molar-refractivity contribution >= 4 is 104 Å². The fourth-order valence-electron chi connectivity index (χ4n) is 12.1. The molecule has 5 aliphatic rings. The Kier molecular flexibility index (Phi) is 31.0. The first-order valence-corrected chi connectivity index (χ1v) is 35.9. The summed E-state index contributed by atoms with van der Waals surface area (Å²) in [5, 5.41) is 49.5. The zero-order valence-corrected chi connectivity index (χ0v) is 58.5. The molecule has 7 rings (SSSR count). The van der Waals surface area contributed by atoms with Gasteiger partial charge in [0.15, 0.2) is 11.6 Å². The fourth-order valence-corrected chi connectivity index (χ4v) is 14.4. The molecule has 554 valence electrons. The SMILES string of the molecule is CC[C@H](C)[C@@H]1CC(=O)CNC(=O)[C@H]2CC(=O)[C@H]([C@@H](C)[C@@H](O)CO)NC(=O)[C@@H]3C[C@@H](O)CN3C(=O)[C@H](CC(N)=O)NC(=O)[C@H](CS(=O)c3[nH]c4c(CSCCNC(=O)CCOCCOCCOCCOCCN5C=C(CN6C(=O)CC(C)C6=O)NN5)c(OC)ccc4c3C2)NC(=O)CNC1=O. The molecular formula is C64H95N13O21S2. The smallest absolute Gasteiger partial charge is 0.246 e. The first-order chi connectivity index (χ1) is 47.8. The van der Waals surface area contributed by atoms with Crippen molar-refractivity contribution in [3.63, 3.8) is 0 Å². The number of methoxy groups -OCH3 is 1. The van der Waals surface area contributed by atoms with Crippen LogP contribution in [0.5, 0.6) is 5.75 Å². The van der Waals surface area contributed by atoms with E-state index in [4.69, 9.17) is 29.4 Å². The summed E-state index contributed by atoms with van der Waals surface area (Å²) in [7, 11) is -1.01. The number of imide groups is 1. The maximum atomic E-state index is 15.4. The van der Waals surface area contributed by atoms with Gasteiger partial charge in [-0.25, -0.2) is 0 Å². The second kappa shape index (κ2) is 38.9. The number of aromatic amines is 1. The third kappa shape index (κ3) is 22.4. The number of hydrogen-bond donors (Lipinski definition) is 13. The van der Waals surface area contributed by atoms with Crippen LogP contribution in [0.25, 0.3) is 10.9 Å². The molecule has 12 atom stereocenters. The topological polar surface area (TPSA) is 477 Å². The molecule has 0 spiro atoms. The maximum absolute atomic E-state index is 15.4. The predicted molar refractivity (Wildman–Crippen MR) is 358 cm³/mol. The average molecular weight is 1450 g/mol. The van der Waals surface area contributed by atoms with Gasteiger partial charge in [-0.15, -0.1) is 5.53 Å². The van der Waals surface area contributed by atoms with Crippen LogP contribution in [0.1, 0.15) is 83.8 Å². The van der Waals surface area contributed by atoms with E-state index < -0.39 is 188 Å². The lowest BCUT2D eigenvalue weighted by Gasteiger charge is -2.32. The minimum absolute atomic E-state index is 0.0608. The molecule has 2 bridgehead atoms. The highest BCUT2D eigenvalue weighted by atomic mass is 32.2. The Balaban J connectivity index is 1.03. The van der Waals surface area contributed by atoms with Gasteiger partial charge in [-0.1, -0.05) is 34.1 Å². The number of amides is 10. The van der Waals surface area contributed by atoms with Gasteiger partial charge >= 0.3 is 0 Å². The van der Waals surface area contributed by atoms with Crippen molar-refractivity contribution in [1.29, 1.82) is 0 Å². The Labute approximate surface area is 584 Å². The lowest BCUT2D eigenvalue weighted by molar-refractivity contribution is -0.144. The molecule has 1 aromatic carbocycles. The fraction of sp³-hybridized carbons (Fsp3) is 0.656. The largest absolute Gasteiger partial charge is 0.496 e. The van der Waals surface area contributed by atoms with Crippen LogP contribution in [0.3, 0.4) is 0 Å². The first-order valence-electron chi connectivity index (χ1n) is 33.5. The third-order valence-electron chi connectivity index (χ3n) is 18.0. The van der Waals surface area contributed by atoms with Crippen LogP contribution in [0, 0.1) is 29.6 Å². The van der Waals surface area contributed by atoms with Crippen LogP contribution in [0.4, 0.5) is 0 Å². The molecular weight excluding hydrogens is 1350 g/mol. The second-order valence-corrected chi connectivity index (χ2v) is 27.8. The number of ketones is 2. The van der Waals surface area contributed by atoms with Crippen LogP contribution >= 0.6 is 11.8 Å². The van der Waals surface area contributed by atoms with Crippen molar-refractivity contribution in [1.82, 2.24) is 62.7 Å². The van der Waals surface area contributed by atoms with Crippen molar-refractivity contribution in [2.75, 3.05) is 117 Å². The summed E-state index contributed by atoms with van der Waals surface area (Å²) in [5.74, 6) is -13.5. The number of thioether (sulfide) groups is 1. The number of aliphatic hydroxyl groups excluding tert-OH is 3. The zero-order chi connectivity index (χ0) is 72.7. The van der Waals surface area contributed by atoms with Crippen molar-refractivity contribution in [2.24, 2.45) is 35.3 Å². The van der Waals surface area contributed by atoms with Crippen molar-refractivity contribution in [2.45, 2.75) is 126 Å². The Morgan fingerprint density at radius 3 is 2.19 bits per heavy atom. The number of nitrogens with one attached hydrogen (secondary N) is 9. The number of hydrogen-bond acceptors (Lipinski definition) is 25. The van der Waals surface area contributed by atoms with Crippen LogP contribution in [-0.4, -0.2) is 264 Å². The monoisotopic (exact) mass is 1450 g/mol. The second-order valence-electron chi connectivity index (χ2n) is 25.3. The molecule has 0 aliphatic carbocycles. The predicted octanol–water partition coefficient (Wildman–Crippen LogP) is -4.07. The summed E-state index contributed by atoms with van der Waals surface area (Å²) < 4.78 is 43.6. The number of fused-ring (bicyclic) bond motifs is 5. The van der Waals surface area contributed by atoms with E-state index in [-0.39, 0.29) is 85.7 Å². The number of carbonyl (C=O) groups excluding carboxylic acids is 12. The number of nitrogens with zero attached hydrogens (tertiary/aromatic N) is 3. The molecule has 14 N–H and O–H groups in total. The number of likely N-dealkylation sites (tertiary alicyclic amines) is 1. The molecule has 0 radical (unpaired) electrons. The van der Waals surface area contributed by atoms with Crippen LogP contribution in [-0.2, 0) is 99.5 Å². The molecule has 2 saturated heterocycles. The Morgan fingerprint density at radius 1 is 0.840 bits per heavy atom. The number of aromatic nitrogens is 1.